The topological polar surface area (TPSA) is 78.3 Å². The van der Waals surface area contributed by atoms with Crippen LogP contribution in [-0.2, 0) is 24.2 Å². The first-order chi connectivity index (χ1) is 15.7. The van der Waals surface area contributed by atoms with Gasteiger partial charge in [0, 0.05) is 30.6 Å². The summed E-state index contributed by atoms with van der Waals surface area (Å²) in [5, 5.41) is 11.8. The molecule has 7 nitrogen and oxygen atoms in total. The molecule has 168 valence electrons. The highest BCUT2D eigenvalue weighted by Gasteiger charge is 2.15. The average molecular weight is 435 g/mol. The van der Waals surface area contributed by atoms with Gasteiger partial charge < -0.3 is 19.4 Å². The van der Waals surface area contributed by atoms with E-state index in [2.05, 4.69) is 20.1 Å². The maximum Gasteiger partial charge on any atom is 0.224 e. The van der Waals surface area contributed by atoms with E-state index in [1.807, 2.05) is 42.5 Å². The lowest BCUT2D eigenvalue weighted by atomic mass is 10.1. The Kier molecular flexibility index (Phi) is 7.04. The van der Waals surface area contributed by atoms with Crippen molar-refractivity contribution in [3.8, 4) is 22.9 Å². The molecular formula is C25H30N4O3. The van der Waals surface area contributed by atoms with Crippen molar-refractivity contribution in [3.63, 3.8) is 0 Å². The quantitative estimate of drug-likeness (QED) is 0.586. The van der Waals surface area contributed by atoms with Crippen molar-refractivity contribution in [2.24, 2.45) is 0 Å². The van der Waals surface area contributed by atoms with Gasteiger partial charge in [0.15, 0.2) is 17.3 Å². The van der Waals surface area contributed by atoms with Gasteiger partial charge in [-0.1, -0.05) is 18.9 Å². The summed E-state index contributed by atoms with van der Waals surface area (Å²) in [6, 6.07) is 13.6. The molecule has 0 spiro atoms. The highest BCUT2D eigenvalue weighted by Crippen LogP contribution is 2.28. The SMILES string of the molecule is COc1ccc(CCC(=O)Nc2ccc(-c3nnc4n3CCCCCC4)cc2)cc1OC. The number of nitrogens with zero attached hydrogens (tertiary/aromatic N) is 3. The number of anilines is 1. The molecule has 1 aliphatic heterocycles. The molecule has 0 unspecified atom stereocenters. The molecule has 0 aliphatic carbocycles. The van der Waals surface area contributed by atoms with E-state index in [1.54, 1.807) is 14.2 Å². The van der Waals surface area contributed by atoms with Crippen LogP contribution in [0, 0.1) is 0 Å². The number of nitrogens with one attached hydrogen (secondary N) is 1. The van der Waals surface area contributed by atoms with E-state index >= 15 is 0 Å². The highest BCUT2D eigenvalue weighted by atomic mass is 16.5. The number of methoxy groups -OCH3 is 2. The lowest BCUT2D eigenvalue weighted by Crippen LogP contribution is -2.12. The lowest BCUT2D eigenvalue weighted by Gasteiger charge is -2.13. The Morgan fingerprint density at radius 2 is 1.75 bits per heavy atom. The number of hydrogen-bond acceptors (Lipinski definition) is 5. The van der Waals surface area contributed by atoms with Crippen LogP contribution in [0.4, 0.5) is 5.69 Å². The van der Waals surface area contributed by atoms with Gasteiger partial charge in [0.05, 0.1) is 14.2 Å². The summed E-state index contributed by atoms with van der Waals surface area (Å²) in [6.07, 6.45) is 6.85. The van der Waals surface area contributed by atoms with E-state index in [4.69, 9.17) is 9.47 Å². The molecule has 1 N–H and O–H groups in total. The molecule has 0 atom stereocenters. The van der Waals surface area contributed by atoms with E-state index in [0.29, 0.717) is 24.3 Å². The summed E-state index contributed by atoms with van der Waals surface area (Å²) in [4.78, 5) is 12.4. The first-order valence-corrected chi connectivity index (χ1v) is 11.2. The third kappa shape index (κ3) is 5.10. The van der Waals surface area contributed by atoms with Gasteiger partial charge in [0.2, 0.25) is 5.91 Å². The first kappa shape index (κ1) is 21.9. The minimum absolute atomic E-state index is 0.0277. The normalized spacial score (nSPS) is 13.6. The third-order valence-corrected chi connectivity index (χ3v) is 5.88. The maximum absolute atomic E-state index is 12.4. The molecule has 1 aromatic heterocycles. The molecule has 0 saturated carbocycles. The molecule has 2 aromatic carbocycles. The minimum atomic E-state index is -0.0277. The Balaban J connectivity index is 1.36. The fourth-order valence-corrected chi connectivity index (χ4v) is 4.10. The van der Waals surface area contributed by atoms with Crippen molar-refractivity contribution in [1.29, 1.82) is 0 Å². The molecule has 2 heterocycles. The number of aryl methyl sites for hydroxylation is 2. The van der Waals surface area contributed by atoms with Gasteiger partial charge in [0.25, 0.3) is 0 Å². The van der Waals surface area contributed by atoms with E-state index in [9.17, 15) is 4.79 Å². The zero-order chi connectivity index (χ0) is 22.3. The van der Waals surface area contributed by atoms with Crippen molar-refractivity contribution in [2.75, 3.05) is 19.5 Å². The van der Waals surface area contributed by atoms with Gasteiger partial charge in [0.1, 0.15) is 5.82 Å². The Labute approximate surface area is 188 Å². The Hall–Kier alpha value is -3.35. The van der Waals surface area contributed by atoms with Crippen LogP contribution in [0.5, 0.6) is 11.5 Å². The standard InChI is InChI=1S/C25H30N4O3/c1-31-21-14-8-18(17-22(21)32-2)9-15-24(30)26-20-12-10-19(11-13-20)25-28-27-23-7-5-3-4-6-16-29(23)25/h8,10-14,17H,3-7,9,15-16H2,1-2H3,(H,26,30). The number of carbonyl (C=O) groups excluding carboxylic acids is 1. The van der Waals surface area contributed by atoms with Gasteiger partial charge in [-0.2, -0.15) is 0 Å². The lowest BCUT2D eigenvalue weighted by molar-refractivity contribution is -0.116. The number of hydrogen-bond donors (Lipinski definition) is 1. The molecule has 7 heteroatoms. The molecule has 0 fully saturated rings. The fraction of sp³-hybridized carbons (Fsp3) is 0.400. The van der Waals surface area contributed by atoms with E-state index in [1.165, 1.54) is 19.3 Å². The number of aromatic nitrogens is 3. The number of carbonyl (C=O) groups is 1. The van der Waals surface area contributed by atoms with E-state index < -0.39 is 0 Å². The summed E-state index contributed by atoms with van der Waals surface area (Å²) in [5.41, 5.74) is 2.82. The van der Waals surface area contributed by atoms with Gasteiger partial charge in [-0.3, -0.25) is 4.79 Å². The molecule has 0 bridgehead atoms. The van der Waals surface area contributed by atoms with Crippen LogP contribution in [0.25, 0.3) is 11.4 Å². The second-order valence-corrected chi connectivity index (χ2v) is 8.07. The number of ether oxygens (including phenoxy) is 2. The van der Waals surface area contributed by atoms with Crippen molar-refractivity contribution in [1.82, 2.24) is 14.8 Å². The first-order valence-electron chi connectivity index (χ1n) is 11.2. The predicted octanol–water partition coefficient (Wildman–Crippen LogP) is 4.65. The minimum Gasteiger partial charge on any atom is -0.493 e. The van der Waals surface area contributed by atoms with Crippen LogP contribution in [0.3, 0.4) is 0 Å². The second kappa shape index (κ2) is 10.3. The zero-order valence-corrected chi connectivity index (χ0v) is 18.8. The predicted molar refractivity (Wildman–Crippen MR) is 124 cm³/mol. The van der Waals surface area contributed by atoms with Gasteiger partial charge >= 0.3 is 0 Å². The summed E-state index contributed by atoms with van der Waals surface area (Å²) in [6.45, 7) is 0.965. The van der Waals surface area contributed by atoms with Crippen LogP contribution in [0.1, 0.15) is 43.5 Å². The smallest absolute Gasteiger partial charge is 0.224 e. The van der Waals surface area contributed by atoms with Crippen LogP contribution in [-0.4, -0.2) is 34.9 Å². The van der Waals surface area contributed by atoms with E-state index in [-0.39, 0.29) is 5.91 Å². The van der Waals surface area contributed by atoms with Crippen molar-refractivity contribution < 1.29 is 14.3 Å². The van der Waals surface area contributed by atoms with Gasteiger partial charge in [-0.15, -0.1) is 10.2 Å². The summed E-state index contributed by atoms with van der Waals surface area (Å²) >= 11 is 0. The molecule has 0 saturated heterocycles. The number of fused-ring (bicyclic) bond motifs is 1. The molecule has 0 radical (unpaired) electrons. The van der Waals surface area contributed by atoms with Crippen LogP contribution in [0.15, 0.2) is 42.5 Å². The average Bonchev–Trinajstić information content (AvgIpc) is 3.19. The molecule has 3 aromatic rings. The van der Waals surface area contributed by atoms with Crippen LogP contribution >= 0.6 is 0 Å². The van der Waals surface area contributed by atoms with Crippen molar-refractivity contribution in [2.45, 2.75) is 51.5 Å². The Morgan fingerprint density at radius 1 is 0.969 bits per heavy atom. The molecule has 4 rings (SSSR count). The second-order valence-electron chi connectivity index (χ2n) is 8.07. The van der Waals surface area contributed by atoms with Crippen molar-refractivity contribution in [3.05, 3.63) is 53.9 Å². The number of rotatable bonds is 7. The van der Waals surface area contributed by atoms with E-state index in [0.717, 1.165) is 47.8 Å². The molecular weight excluding hydrogens is 404 g/mol. The third-order valence-electron chi connectivity index (χ3n) is 5.88. The molecule has 32 heavy (non-hydrogen) atoms. The zero-order valence-electron chi connectivity index (χ0n) is 18.8. The maximum atomic E-state index is 12.4. The fourth-order valence-electron chi connectivity index (χ4n) is 4.10. The number of amides is 1. The van der Waals surface area contributed by atoms with Crippen LogP contribution < -0.4 is 14.8 Å². The monoisotopic (exact) mass is 434 g/mol. The van der Waals surface area contributed by atoms with Gasteiger partial charge in [-0.05, 0) is 61.2 Å². The largest absolute Gasteiger partial charge is 0.493 e. The van der Waals surface area contributed by atoms with Gasteiger partial charge in [-0.25, -0.2) is 0 Å². The molecule has 1 aliphatic rings. The van der Waals surface area contributed by atoms with Crippen molar-refractivity contribution >= 4 is 11.6 Å². The molecule has 1 amide bonds. The summed E-state index contributed by atoms with van der Waals surface area (Å²) in [7, 11) is 3.22. The van der Waals surface area contributed by atoms with Crippen LogP contribution in [0.2, 0.25) is 0 Å². The summed E-state index contributed by atoms with van der Waals surface area (Å²) in [5.74, 6) is 3.31. The Morgan fingerprint density at radius 3 is 2.53 bits per heavy atom. The summed E-state index contributed by atoms with van der Waals surface area (Å²) < 4.78 is 12.8. The number of benzene rings is 2. The highest BCUT2D eigenvalue weighted by molar-refractivity contribution is 5.91. The Bertz CT molecular complexity index is 1060.